The summed E-state index contributed by atoms with van der Waals surface area (Å²) in [5.41, 5.74) is 7.05. The second kappa shape index (κ2) is 5.69. The number of hydrogen-bond donors (Lipinski definition) is 1. The van der Waals surface area contributed by atoms with E-state index in [9.17, 15) is 0 Å². The van der Waals surface area contributed by atoms with E-state index in [-0.39, 0.29) is 6.04 Å². The highest BCUT2D eigenvalue weighted by atomic mass is 35.5. The number of aryl methyl sites for hydroxylation is 1. The van der Waals surface area contributed by atoms with Crippen LogP contribution in [0.15, 0.2) is 24.5 Å². The van der Waals surface area contributed by atoms with Gasteiger partial charge in [-0.25, -0.2) is 4.98 Å². The maximum Gasteiger partial charge on any atom is 0.138 e. The molecule has 0 bridgehead atoms. The molecule has 0 aliphatic heterocycles. The quantitative estimate of drug-likeness (QED) is 0.939. The number of rotatable bonds is 4. The molecule has 0 fully saturated rings. The van der Waals surface area contributed by atoms with Gasteiger partial charge in [-0.2, -0.15) is 5.10 Å². The molecule has 2 aromatic rings. The molecule has 0 aliphatic rings. The van der Waals surface area contributed by atoms with Crippen LogP contribution in [-0.4, -0.2) is 14.8 Å². The van der Waals surface area contributed by atoms with E-state index in [4.69, 9.17) is 28.9 Å². The Kier molecular flexibility index (Phi) is 4.22. The Morgan fingerprint density at radius 1 is 1.28 bits per heavy atom. The van der Waals surface area contributed by atoms with E-state index in [0.717, 1.165) is 17.9 Å². The van der Waals surface area contributed by atoms with Crippen LogP contribution in [0.5, 0.6) is 0 Å². The van der Waals surface area contributed by atoms with Crippen molar-refractivity contribution in [2.45, 2.75) is 25.9 Å². The van der Waals surface area contributed by atoms with Crippen molar-refractivity contribution in [3.05, 3.63) is 46.0 Å². The zero-order chi connectivity index (χ0) is 13.1. The van der Waals surface area contributed by atoms with Gasteiger partial charge in [0.05, 0.1) is 0 Å². The van der Waals surface area contributed by atoms with E-state index in [1.165, 1.54) is 6.33 Å². The molecule has 1 aromatic heterocycles. The standard InChI is InChI=1S/C12H14Cl2N4/c1-2-18-12(16-7-17-18)6-11(15)8-3-9(13)5-10(14)4-8/h3-5,7,11H,2,6,15H2,1H3. The van der Waals surface area contributed by atoms with Gasteiger partial charge in [0, 0.05) is 29.1 Å². The molecule has 1 atom stereocenters. The van der Waals surface area contributed by atoms with Crippen LogP contribution in [0.25, 0.3) is 0 Å². The minimum Gasteiger partial charge on any atom is -0.324 e. The Bertz CT molecular complexity index is 518. The molecule has 1 unspecified atom stereocenters. The minimum atomic E-state index is -0.198. The Hall–Kier alpha value is -1.10. The lowest BCUT2D eigenvalue weighted by molar-refractivity contribution is 0.581. The number of nitrogens with two attached hydrogens (primary N) is 1. The van der Waals surface area contributed by atoms with Gasteiger partial charge < -0.3 is 5.73 Å². The molecule has 0 radical (unpaired) electrons. The normalized spacial score (nSPS) is 12.7. The molecule has 6 heteroatoms. The van der Waals surface area contributed by atoms with Gasteiger partial charge in [-0.1, -0.05) is 23.2 Å². The Labute approximate surface area is 116 Å². The topological polar surface area (TPSA) is 56.7 Å². The fraction of sp³-hybridized carbons (Fsp3) is 0.333. The lowest BCUT2D eigenvalue weighted by Gasteiger charge is -2.12. The Morgan fingerprint density at radius 3 is 2.56 bits per heavy atom. The van der Waals surface area contributed by atoms with Gasteiger partial charge in [-0.05, 0) is 30.7 Å². The summed E-state index contributed by atoms with van der Waals surface area (Å²) in [5, 5.41) is 5.29. The molecule has 2 N–H and O–H groups in total. The molecule has 0 saturated carbocycles. The fourth-order valence-corrected chi connectivity index (χ4v) is 2.36. The molecule has 0 amide bonds. The van der Waals surface area contributed by atoms with E-state index in [2.05, 4.69) is 10.1 Å². The predicted octanol–water partition coefficient (Wildman–Crippen LogP) is 2.85. The van der Waals surface area contributed by atoms with Crippen LogP contribution in [0.1, 0.15) is 24.4 Å². The van der Waals surface area contributed by atoms with Gasteiger partial charge in [0.1, 0.15) is 12.2 Å². The number of aromatic nitrogens is 3. The zero-order valence-corrected chi connectivity index (χ0v) is 11.5. The highest BCUT2D eigenvalue weighted by Gasteiger charge is 2.12. The summed E-state index contributed by atoms with van der Waals surface area (Å²) in [6, 6.07) is 5.14. The van der Waals surface area contributed by atoms with Crippen LogP contribution >= 0.6 is 23.2 Å². The maximum absolute atomic E-state index is 6.15. The molecule has 1 heterocycles. The summed E-state index contributed by atoms with van der Waals surface area (Å²) < 4.78 is 1.83. The summed E-state index contributed by atoms with van der Waals surface area (Å²) in [5.74, 6) is 0.862. The van der Waals surface area contributed by atoms with Gasteiger partial charge in [0.15, 0.2) is 0 Å². The van der Waals surface area contributed by atoms with Crippen LogP contribution < -0.4 is 5.73 Å². The smallest absolute Gasteiger partial charge is 0.138 e. The van der Waals surface area contributed by atoms with Gasteiger partial charge in [0.2, 0.25) is 0 Å². The van der Waals surface area contributed by atoms with Crippen molar-refractivity contribution < 1.29 is 0 Å². The molecule has 18 heavy (non-hydrogen) atoms. The van der Waals surface area contributed by atoms with E-state index >= 15 is 0 Å². The third-order valence-corrected chi connectivity index (χ3v) is 3.15. The van der Waals surface area contributed by atoms with Crippen molar-refractivity contribution in [1.82, 2.24) is 14.8 Å². The second-order valence-electron chi connectivity index (χ2n) is 4.01. The third kappa shape index (κ3) is 3.02. The Balaban J connectivity index is 2.19. The van der Waals surface area contributed by atoms with Crippen molar-refractivity contribution in [2.75, 3.05) is 0 Å². The average Bonchev–Trinajstić information content (AvgIpc) is 2.75. The van der Waals surface area contributed by atoms with Gasteiger partial charge in [0.25, 0.3) is 0 Å². The zero-order valence-electron chi connectivity index (χ0n) is 9.98. The average molecular weight is 285 g/mol. The van der Waals surface area contributed by atoms with Crippen LogP contribution in [0.2, 0.25) is 10.0 Å². The molecule has 96 valence electrons. The van der Waals surface area contributed by atoms with Gasteiger partial charge >= 0.3 is 0 Å². The summed E-state index contributed by atoms with van der Waals surface area (Å²) in [6.45, 7) is 2.79. The largest absolute Gasteiger partial charge is 0.324 e. The van der Waals surface area contributed by atoms with Crippen LogP contribution in [0, 0.1) is 0 Å². The summed E-state index contributed by atoms with van der Waals surface area (Å²) in [7, 11) is 0. The van der Waals surface area contributed by atoms with Crippen molar-refractivity contribution in [3.63, 3.8) is 0 Å². The lowest BCUT2D eigenvalue weighted by Crippen LogP contribution is -2.17. The first-order chi connectivity index (χ1) is 8.60. The lowest BCUT2D eigenvalue weighted by atomic mass is 10.0. The Morgan fingerprint density at radius 2 is 1.94 bits per heavy atom. The van der Waals surface area contributed by atoms with Crippen molar-refractivity contribution in [3.8, 4) is 0 Å². The first-order valence-corrected chi connectivity index (χ1v) is 6.44. The highest BCUT2D eigenvalue weighted by molar-refractivity contribution is 6.34. The molecular weight excluding hydrogens is 271 g/mol. The predicted molar refractivity (Wildman–Crippen MR) is 72.8 cm³/mol. The monoisotopic (exact) mass is 284 g/mol. The second-order valence-corrected chi connectivity index (χ2v) is 4.88. The fourth-order valence-electron chi connectivity index (χ4n) is 1.81. The SMILES string of the molecule is CCn1ncnc1CC(N)c1cc(Cl)cc(Cl)c1. The number of benzene rings is 1. The van der Waals surface area contributed by atoms with Crippen molar-refractivity contribution >= 4 is 23.2 Å². The number of halogens is 2. The molecular formula is C12H14Cl2N4. The third-order valence-electron chi connectivity index (χ3n) is 2.71. The van der Waals surface area contributed by atoms with Gasteiger partial charge in [-0.15, -0.1) is 0 Å². The first kappa shape index (κ1) is 13.3. The minimum absolute atomic E-state index is 0.198. The summed E-state index contributed by atoms with van der Waals surface area (Å²) in [6.07, 6.45) is 2.14. The molecule has 1 aromatic carbocycles. The maximum atomic E-state index is 6.15. The molecule has 0 spiro atoms. The summed E-state index contributed by atoms with van der Waals surface area (Å²) >= 11 is 11.9. The first-order valence-electron chi connectivity index (χ1n) is 5.68. The van der Waals surface area contributed by atoms with E-state index in [0.29, 0.717) is 16.5 Å². The van der Waals surface area contributed by atoms with Gasteiger partial charge in [-0.3, -0.25) is 4.68 Å². The molecule has 4 nitrogen and oxygen atoms in total. The number of hydrogen-bond acceptors (Lipinski definition) is 3. The van der Waals surface area contributed by atoms with E-state index < -0.39 is 0 Å². The van der Waals surface area contributed by atoms with Crippen LogP contribution in [-0.2, 0) is 13.0 Å². The molecule has 0 saturated heterocycles. The molecule has 0 aliphatic carbocycles. The summed E-state index contributed by atoms with van der Waals surface area (Å²) in [4.78, 5) is 4.20. The van der Waals surface area contributed by atoms with Crippen molar-refractivity contribution in [2.24, 2.45) is 5.73 Å². The van der Waals surface area contributed by atoms with Crippen LogP contribution in [0.3, 0.4) is 0 Å². The van der Waals surface area contributed by atoms with Crippen molar-refractivity contribution in [1.29, 1.82) is 0 Å². The highest BCUT2D eigenvalue weighted by Crippen LogP contribution is 2.24. The van der Waals surface area contributed by atoms with E-state index in [1.54, 1.807) is 6.07 Å². The molecule has 2 rings (SSSR count). The van der Waals surface area contributed by atoms with Crippen LogP contribution in [0.4, 0.5) is 0 Å². The van der Waals surface area contributed by atoms with E-state index in [1.807, 2.05) is 23.7 Å². The number of nitrogens with zero attached hydrogens (tertiary/aromatic N) is 3.